The number of hydrogen-bond donors (Lipinski definition) is 6. The zero-order chi connectivity index (χ0) is 29.1. The molecule has 214 valence electrons. The minimum atomic E-state index is -2.67. The molecule has 1 amide bonds. The summed E-state index contributed by atoms with van der Waals surface area (Å²) < 4.78 is 0. The SMILES string of the molecule is CC(C)CNCc1cc(N(C)C)c2c(c1O)C(O)=C1C(=O)[C@@]3(O)C(=O)C(C(N)=O)C(O)[C@H](N(C)C)[C@H]3C[C@H]1C2. The summed E-state index contributed by atoms with van der Waals surface area (Å²) in [7, 11) is 6.95. The van der Waals surface area contributed by atoms with Crippen LogP contribution in [0, 0.1) is 23.7 Å². The third-order valence-electron chi connectivity index (χ3n) is 8.49. The number of carbonyl (C=O) groups is 3. The van der Waals surface area contributed by atoms with E-state index in [-0.39, 0.29) is 29.7 Å². The molecule has 2 saturated carbocycles. The lowest BCUT2D eigenvalue weighted by Crippen LogP contribution is -2.73. The van der Waals surface area contributed by atoms with Gasteiger partial charge in [-0.25, -0.2) is 0 Å². The quantitative estimate of drug-likeness (QED) is 0.255. The summed E-state index contributed by atoms with van der Waals surface area (Å²) in [6.45, 7) is 5.15. The van der Waals surface area contributed by atoms with E-state index in [9.17, 15) is 34.8 Å². The number of ketones is 2. The summed E-state index contributed by atoms with van der Waals surface area (Å²) in [4.78, 5) is 43.1. The lowest BCUT2D eigenvalue weighted by molar-refractivity contribution is -0.184. The van der Waals surface area contributed by atoms with Gasteiger partial charge in [0.05, 0.1) is 11.7 Å². The number of nitrogens with zero attached hydrogens (tertiary/aromatic N) is 2. The van der Waals surface area contributed by atoms with Crippen molar-refractivity contribution < 1.29 is 34.8 Å². The molecule has 6 atom stereocenters. The zero-order valence-corrected chi connectivity index (χ0v) is 23.4. The molecule has 0 spiro atoms. The van der Waals surface area contributed by atoms with E-state index in [0.29, 0.717) is 30.1 Å². The van der Waals surface area contributed by atoms with Crippen molar-refractivity contribution in [2.45, 2.75) is 51.0 Å². The number of fused-ring (bicyclic) bond motifs is 3. The lowest BCUT2D eigenvalue weighted by atomic mass is 9.54. The number of aliphatic hydroxyl groups is 3. The molecule has 4 rings (SSSR count). The number of benzene rings is 1. The first-order valence-corrected chi connectivity index (χ1v) is 13.3. The second-order valence-electron chi connectivity index (χ2n) is 12.0. The van der Waals surface area contributed by atoms with E-state index >= 15 is 0 Å². The normalized spacial score (nSPS) is 30.4. The number of hydrogen-bond acceptors (Lipinski definition) is 10. The van der Waals surface area contributed by atoms with Crippen LogP contribution < -0.4 is 16.0 Å². The second kappa shape index (κ2) is 10.2. The zero-order valence-electron chi connectivity index (χ0n) is 23.4. The molecule has 0 saturated heterocycles. The van der Waals surface area contributed by atoms with Crippen molar-refractivity contribution in [3.05, 3.63) is 28.3 Å². The number of nitrogens with one attached hydrogen (secondary N) is 1. The Bertz CT molecular complexity index is 1240. The Labute approximate surface area is 228 Å². The van der Waals surface area contributed by atoms with Gasteiger partial charge in [-0.05, 0) is 56.9 Å². The number of aliphatic hydroxyl groups excluding tert-OH is 2. The minimum Gasteiger partial charge on any atom is -0.507 e. The highest BCUT2D eigenvalue weighted by molar-refractivity contribution is 6.25. The number of phenolic OH excluding ortho intramolecular Hbond substituents is 1. The predicted octanol–water partition coefficient (Wildman–Crippen LogP) is -0.0594. The topological polar surface area (TPSA) is 177 Å². The number of nitrogens with two attached hydrogens (primary N) is 1. The van der Waals surface area contributed by atoms with Crippen LogP contribution in [0.4, 0.5) is 5.69 Å². The molecule has 7 N–H and O–H groups in total. The highest BCUT2D eigenvalue weighted by Gasteiger charge is 2.67. The molecular weight excluding hydrogens is 504 g/mol. The van der Waals surface area contributed by atoms with E-state index in [4.69, 9.17) is 5.73 Å². The van der Waals surface area contributed by atoms with Crippen molar-refractivity contribution >= 4 is 28.9 Å². The molecule has 0 aliphatic heterocycles. The molecule has 11 nitrogen and oxygen atoms in total. The molecule has 3 aliphatic rings. The standard InChI is InChI=1S/C28H40N4O7/c1-12(2)10-30-11-14-9-17(31(3)4)15-7-13-8-16-21(32(5)6)24(35)20(27(29)38)26(37)28(16,39)25(36)18(13)23(34)19(15)22(14)33/h9,12-13,16,20-21,24,30,33-35,39H,7-8,10-11H2,1-6H3,(H2,29,38)/t13-,16-,20?,21-,24?,28-/m1/s1. The fourth-order valence-electron chi connectivity index (χ4n) is 6.74. The molecule has 2 fully saturated rings. The van der Waals surface area contributed by atoms with Crippen LogP contribution in [0.15, 0.2) is 11.6 Å². The number of rotatable bonds is 7. The molecule has 2 unspecified atom stereocenters. The van der Waals surface area contributed by atoms with Crippen molar-refractivity contribution in [3.8, 4) is 5.75 Å². The Morgan fingerprint density at radius 3 is 2.38 bits per heavy atom. The van der Waals surface area contributed by atoms with Crippen LogP contribution in [0.2, 0.25) is 0 Å². The van der Waals surface area contributed by atoms with Crippen LogP contribution in [-0.4, -0.2) is 95.3 Å². The number of Topliss-reactive ketones (excluding diaryl/α,β-unsaturated/α-hetero) is 2. The molecule has 1 aromatic carbocycles. The van der Waals surface area contributed by atoms with Gasteiger partial charge in [0, 0.05) is 49.4 Å². The maximum atomic E-state index is 14.0. The Morgan fingerprint density at radius 2 is 1.85 bits per heavy atom. The average molecular weight is 545 g/mol. The van der Waals surface area contributed by atoms with Gasteiger partial charge in [-0.2, -0.15) is 0 Å². The first-order valence-electron chi connectivity index (χ1n) is 13.3. The van der Waals surface area contributed by atoms with Crippen LogP contribution in [-0.2, 0) is 27.3 Å². The molecule has 0 aromatic heterocycles. The van der Waals surface area contributed by atoms with E-state index in [0.717, 1.165) is 5.69 Å². The lowest BCUT2D eigenvalue weighted by Gasteiger charge is -2.53. The number of anilines is 1. The minimum absolute atomic E-state index is 0.0868. The van der Waals surface area contributed by atoms with Gasteiger partial charge in [0.25, 0.3) is 0 Å². The molecular formula is C28H40N4O7. The van der Waals surface area contributed by atoms with Crippen molar-refractivity contribution in [1.82, 2.24) is 10.2 Å². The predicted molar refractivity (Wildman–Crippen MR) is 145 cm³/mol. The Balaban J connectivity index is 1.89. The summed E-state index contributed by atoms with van der Waals surface area (Å²) in [5.41, 5.74) is 4.66. The fourth-order valence-corrected chi connectivity index (χ4v) is 6.74. The van der Waals surface area contributed by atoms with Crippen molar-refractivity contribution in [1.29, 1.82) is 0 Å². The summed E-state index contributed by atoms with van der Waals surface area (Å²) in [6.07, 6.45) is -1.17. The average Bonchev–Trinajstić information content (AvgIpc) is 2.81. The first kappa shape index (κ1) is 29.0. The van der Waals surface area contributed by atoms with Gasteiger partial charge in [-0.1, -0.05) is 13.8 Å². The highest BCUT2D eigenvalue weighted by Crippen LogP contribution is 2.53. The maximum Gasteiger partial charge on any atom is 0.230 e. The molecule has 0 bridgehead atoms. The van der Waals surface area contributed by atoms with Crippen LogP contribution in [0.5, 0.6) is 5.75 Å². The van der Waals surface area contributed by atoms with Gasteiger partial charge < -0.3 is 41.3 Å². The molecule has 39 heavy (non-hydrogen) atoms. The molecule has 0 radical (unpaired) electrons. The molecule has 1 aromatic rings. The number of likely N-dealkylation sites (N-methyl/N-ethyl adjacent to an activating group) is 1. The summed E-state index contributed by atoms with van der Waals surface area (Å²) >= 11 is 0. The first-order chi connectivity index (χ1) is 18.1. The van der Waals surface area contributed by atoms with Gasteiger partial charge in [0.15, 0.2) is 11.4 Å². The van der Waals surface area contributed by atoms with Gasteiger partial charge in [0.1, 0.15) is 17.4 Å². The van der Waals surface area contributed by atoms with Crippen LogP contribution in [0.1, 0.15) is 37.0 Å². The van der Waals surface area contributed by atoms with Crippen LogP contribution in [0.3, 0.4) is 0 Å². The second-order valence-corrected chi connectivity index (χ2v) is 12.0. The van der Waals surface area contributed by atoms with E-state index < -0.39 is 58.7 Å². The number of aromatic hydroxyl groups is 1. The number of phenols is 1. The van der Waals surface area contributed by atoms with E-state index in [2.05, 4.69) is 19.2 Å². The number of carbonyl (C=O) groups excluding carboxylic acids is 3. The summed E-state index contributed by atoms with van der Waals surface area (Å²) in [5, 5.41) is 48.8. The van der Waals surface area contributed by atoms with Gasteiger partial charge in [-0.15, -0.1) is 0 Å². The largest absolute Gasteiger partial charge is 0.507 e. The maximum absolute atomic E-state index is 14.0. The summed E-state index contributed by atoms with van der Waals surface area (Å²) in [6, 6.07) is 0.935. The third kappa shape index (κ3) is 4.41. The fraction of sp³-hybridized carbons (Fsp3) is 0.607. The molecule has 11 heteroatoms. The Morgan fingerprint density at radius 1 is 1.21 bits per heavy atom. The van der Waals surface area contributed by atoms with Crippen LogP contribution in [0.25, 0.3) is 5.76 Å². The Kier molecular flexibility index (Phi) is 7.59. The van der Waals surface area contributed by atoms with E-state index in [1.54, 1.807) is 19.0 Å². The van der Waals surface area contributed by atoms with Gasteiger partial charge in [-0.3, -0.25) is 14.4 Å². The molecule has 0 heterocycles. The van der Waals surface area contributed by atoms with E-state index in [1.165, 1.54) is 0 Å². The monoisotopic (exact) mass is 544 g/mol. The van der Waals surface area contributed by atoms with E-state index in [1.807, 2.05) is 25.1 Å². The molecule has 3 aliphatic carbocycles. The smallest absolute Gasteiger partial charge is 0.230 e. The van der Waals surface area contributed by atoms with Crippen molar-refractivity contribution in [2.24, 2.45) is 29.4 Å². The van der Waals surface area contributed by atoms with Crippen molar-refractivity contribution in [2.75, 3.05) is 39.6 Å². The number of amides is 1. The van der Waals surface area contributed by atoms with Gasteiger partial charge in [0.2, 0.25) is 11.7 Å². The third-order valence-corrected chi connectivity index (χ3v) is 8.49. The highest BCUT2D eigenvalue weighted by atomic mass is 16.3. The number of primary amides is 1. The Hall–Kier alpha value is -2.99. The van der Waals surface area contributed by atoms with Crippen LogP contribution >= 0.6 is 0 Å². The van der Waals surface area contributed by atoms with Gasteiger partial charge >= 0.3 is 0 Å². The summed E-state index contributed by atoms with van der Waals surface area (Å²) in [5.74, 6) is -7.02. The van der Waals surface area contributed by atoms with Crippen molar-refractivity contribution in [3.63, 3.8) is 0 Å².